The minimum absolute atomic E-state index is 0. The predicted octanol–water partition coefficient (Wildman–Crippen LogP) is 7.87. The van der Waals surface area contributed by atoms with Crippen LogP contribution < -0.4 is 11.1 Å². The summed E-state index contributed by atoms with van der Waals surface area (Å²) >= 11 is 0. The molecule has 0 aliphatic heterocycles. The van der Waals surface area contributed by atoms with E-state index in [-0.39, 0.29) is 22.9 Å². The molecule has 3 nitrogen and oxygen atoms in total. The molecule has 0 saturated carbocycles. The molecule has 0 aromatic rings. The summed E-state index contributed by atoms with van der Waals surface area (Å²) in [6, 6.07) is 0. The van der Waals surface area contributed by atoms with Crippen LogP contribution in [0.1, 0.15) is 130 Å². The number of carbonyl (C=O) groups excluding carboxylic acids is 1. The standard InChI is InChI=1S/C18H35NO.C7H17N.BrH/c1-2-3-4-5-6-7-8-9-10-11-12-13-14-15-16-17-18(19)20;1-3-5-7-8-6-4-2;/h9-10H,2-8,11-17H2,1H3,(H2,19,20);8H,3-7H2,1-2H3;1H/b10-9-;;. The van der Waals surface area contributed by atoms with Crippen LogP contribution in [0.25, 0.3) is 0 Å². The third kappa shape index (κ3) is 38.8. The van der Waals surface area contributed by atoms with Gasteiger partial charge in [-0.25, -0.2) is 0 Å². The normalized spacial score (nSPS) is 10.4. The Balaban J connectivity index is -0.000000636. The Labute approximate surface area is 193 Å². The van der Waals surface area contributed by atoms with Crippen molar-refractivity contribution in [3.05, 3.63) is 12.2 Å². The number of allylic oxidation sites excluding steroid dienone is 2. The zero-order chi connectivity index (χ0) is 21.1. The highest BCUT2D eigenvalue weighted by atomic mass is 79.9. The SMILES string of the molecule is Br.CCCCCCCC/C=C\CCCCCCCC(N)=O.CCCCNCCC. The van der Waals surface area contributed by atoms with Gasteiger partial charge in [-0.1, -0.05) is 90.7 Å². The van der Waals surface area contributed by atoms with Gasteiger partial charge < -0.3 is 11.1 Å². The molecule has 1 amide bonds. The van der Waals surface area contributed by atoms with Crippen molar-refractivity contribution in [2.24, 2.45) is 5.73 Å². The van der Waals surface area contributed by atoms with Crippen molar-refractivity contribution in [1.82, 2.24) is 5.32 Å². The van der Waals surface area contributed by atoms with Crippen molar-refractivity contribution >= 4 is 22.9 Å². The predicted molar refractivity (Wildman–Crippen MR) is 137 cm³/mol. The fraction of sp³-hybridized carbons (Fsp3) is 0.880. The molecule has 0 aliphatic rings. The largest absolute Gasteiger partial charge is 0.370 e. The minimum atomic E-state index is -0.164. The molecule has 4 heteroatoms. The summed E-state index contributed by atoms with van der Waals surface area (Å²) in [4.78, 5) is 10.5. The molecule has 0 atom stereocenters. The zero-order valence-electron chi connectivity index (χ0n) is 20.0. The van der Waals surface area contributed by atoms with Gasteiger partial charge in [-0.15, -0.1) is 17.0 Å². The second-order valence-corrected chi connectivity index (χ2v) is 7.90. The molecule has 0 radical (unpaired) electrons. The molecular weight excluding hydrogens is 424 g/mol. The summed E-state index contributed by atoms with van der Waals surface area (Å²) in [5, 5.41) is 3.34. The van der Waals surface area contributed by atoms with Gasteiger partial charge in [-0.2, -0.15) is 0 Å². The van der Waals surface area contributed by atoms with Crippen LogP contribution in [0, 0.1) is 0 Å². The zero-order valence-corrected chi connectivity index (χ0v) is 21.7. The van der Waals surface area contributed by atoms with E-state index in [1.807, 2.05) is 0 Å². The molecule has 176 valence electrons. The Morgan fingerprint density at radius 3 is 1.62 bits per heavy atom. The summed E-state index contributed by atoms with van der Waals surface area (Å²) in [7, 11) is 0. The first-order chi connectivity index (χ1) is 13.7. The lowest BCUT2D eigenvalue weighted by molar-refractivity contribution is -0.118. The molecule has 29 heavy (non-hydrogen) atoms. The maximum atomic E-state index is 10.5. The van der Waals surface area contributed by atoms with Crippen LogP contribution in [0.5, 0.6) is 0 Å². The molecule has 0 fully saturated rings. The Kier molecular flexibility index (Phi) is 37.1. The van der Waals surface area contributed by atoms with Crippen molar-refractivity contribution in [2.45, 2.75) is 130 Å². The third-order valence-electron chi connectivity index (χ3n) is 4.82. The number of hydrogen-bond donors (Lipinski definition) is 2. The monoisotopic (exact) mass is 476 g/mol. The summed E-state index contributed by atoms with van der Waals surface area (Å²) in [5.41, 5.74) is 5.10. The second kappa shape index (κ2) is 32.3. The summed E-state index contributed by atoms with van der Waals surface area (Å²) in [6.45, 7) is 9.05. The third-order valence-corrected chi connectivity index (χ3v) is 4.82. The van der Waals surface area contributed by atoms with Gasteiger partial charge in [0.25, 0.3) is 0 Å². The van der Waals surface area contributed by atoms with E-state index in [0.717, 1.165) is 12.8 Å². The lowest BCUT2D eigenvalue weighted by atomic mass is 10.1. The molecular formula is C25H53BrN2O. The van der Waals surface area contributed by atoms with Crippen LogP contribution >= 0.6 is 17.0 Å². The number of carbonyl (C=O) groups is 1. The highest BCUT2D eigenvalue weighted by Gasteiger charge is 1.94. The summed E-state index contributed by atoms with van der Waals surface area (Å²) < 4.78 is 0. The van der Waals surface area contributed by atoms with E-state index in [9.17, 15) is 4.79 Å². The fourth-order valence-electron chi connectivity index (χ4n) is 2.97. The van der Waals surface area contributed by atoms with Crippen molar-refractivity contribution in [3.8, 4) is 0 Å². The van der Waals surface area contributed by atoms with Crippen LogP contribution in [0.2, 0.25) is 0 Å². The smallest absolute Gasteiger partial charge is 0.217 e. The average molecular weight is 478 g/mol. The highest BCUT2D eigenvalue weighted by Crippen LogP contribution is 2.09. The lowest BCUT2D eigenvalue weighted by Gasteiger charge is -1.99. The van der Waals surface area contributed by atoms with Crippen molar-refractivity contribution in [3.63, 3.8) is 0 Å². The lowest BCUT2D eigenvalue weighted by Crippen LogP contribution is -2.15. The van der Waals surface area contributed by atoms with Crippen LogP contribution in [0.4, 0.5) is 0 Å². The van der Waals surface area contributed by atoms with Gasteiger partial charge in [0.1, 0.15) is 0 Å². The van der Waals surface area contributed by atoms with E-state index in [1.54, 1.807) is 0 Å². The first kappa shape index (κ1) is 33.3. The Morgan fingerprint density at radius 2 is 1.14 bits per heavy atom. The van der Waals surface area contributed by atoms with Gasteiger partial charge in [-0.05, 0) is 58.0 Å². The van der Waals surface area contributed by atoms with Crippen molar-refractivity contribution in [2.75, 3.05) is 13.1 Å². The molecule has 0 saturated heterocycles. The Hall–Kier alpha value is -0.350. The van der Waals surface area contributed by atoms with Crippen LogP contribution in [-0.2, 0) is 4.79 Å². The van der Waals surface area contributed by atoms with Crippen molar-refractivity contribution < 1.29 is 4.79 Å². The van der Waals surface area contributed by atoms with Gasteiger partial charge in [0.2, 0.25) is 5.91 Å². The molecule has 3 N–H and O–H groups in total. The van der Waals surface area contributed by atoms with E-state index in [1.165, 1.54) is 103 Å². The molecule has 0 aromatic heterocycles. The van der Waals surface area contributed by atoms with Crippen LogP contribution in [-0.4, -0.2) is 19.0 Å². The fourth-order valence-corrected chi connectivity index (χ4v) is 2.97. The van der Waals surface area contributed by atoms with Gasteiger partial charge in [0, 0.05) is 6.42 Å². The summed E-state index contributed by atoms with van der Waals surface area (Å²) in [5.74, 6) is -0.164. The molecule has 0 spiro atoms. The number of rotatable bonds is 20. The van der Waals surface area contributed by atoms with E-state index in [4.69, 9.17) is 5.73 Å². The van der Waals surface area contributed by atoms with Gasteiger partial charge in [0.05, 0.1) is 0 Å². The second-order valence-electron chi connectivity index (χ2n) is 7.90. The number of unbranched alkanes of at least 4 members (excludes halogenated alkanes) is 12. The maximum absolute atomic E-state index is 10.5. The van der Waals surface area contributed by atoms with Crippen LogP contribution in [0.15, 0.2) is 12.2 Å². The van der Waals surface area contributed by atoms with E-state index in [0.29, 0.717) is 6.42 Å². The van der Waals surface area contributed by atoms with Gasteiger partial charge in [-0.3, -0.25) is 4.79 Å². The number of nitrogens with one attached hydrogen (secondary N) is 1. The first-order valence-electron chi connectivity index (χ1n) is 12.3. The molecule has 0 aliphatic carbocycles. The number of primary amides is 1. The van der Waals surface area contributed by atoms with Gasteiger partial charge in [0.15, 0.2) is 0 Å². The molecule has 0 aromatic carbocycles. The number of nitrogens with two attached hydrogens (primary N) is 1. The maximum Gasteiger partial charge on any atom is 0.217 e. The van der Waals surface area contributed by atoms with E-state index >= 15 is 0 Å². The quantitative estimate of drug-likeness (QED) is 0.138. The first-order valence-corrected chi connectivity index (χ1v) is 12.3. The topological polar surface area (TPSA) is 55.1 Å². The Bertz CT molecular complexity index is 316. The average Bonchev–Trinajstić information content (AvgIpc) is 2.68. The Morgan fingerprint density at radius 1 is 0.655 bits per heavy atom. The number of amides is 1. The highest BCUT2D eigenvalue weighted by molar-refractivity contribution is 8.93. The van der Waals surface area contributed by atoms with Crippen LogP contribution in [0.3, 0.4) is 0 Å². The molecule has 0 heterocycles. The van der Waals surface area contributed by atoms with Crippen molar-refractivity contribution in [1.29, 1.82) is 0 Å². The molecule has 0 rings (SSSR count). The number of halogens is 1. The summed E-state index contributed by atoms with van der Waals surface area (Å²) in [6.07, 6.45) is 25.8. The molecule has 0 unspecified atom stereocenters. The van der Waals surface area contributed by atoms with E-state index in [2.05, 4.69) is 38.2 Å². The minimum Gasteiger partial charge on any atom is -0.370 e. The van der Waals surface area contributed by atoms with E-state index < -0.39 is 0 Å². The molecule has 0 bridgehead atoms. The number of hydrogen-bond acceptors (Lipinski definition) is 2. The van der Waals surface area contributed by atoms with Gasteiger partial charge >= 0.3 is 0 Å².